The lowest BCUT2D eigenvalue weighted by atomic mass is 9.96. The summed E-state index contributed by atoms with van der Waals surface area (Å²) in [5.74, 6) is -2.69. The summed E-state index contributed by atoms with van der Waals surface area (Å²) in [4.78, 5) is 33.3. The van der Waals surface area contributed by atoms with Crippen LogP contribution in [0, 0.1) is 0 Å². The average Bonchev–Trinajstić information content (AvgIpc) is 3.09. The number of amides is 1. The Morgan fingerprint density at radius 3 is 2.07 bits per heavy atom. The number of carbonyl (C=O) groups excluding carboxylic acids is 1. The van der Waals surface area contributed by atoms with Crippen molar-refractivity contribution >= 4 is 30.1 Å². The van der Waals surface area contributed by atoms with Gasteiger partial charge in [0.25, 0.3) is 0 Å². The van der Waals surface area contributed by atoms with Crippen molar-refractivity contribution < 1.29 is 120 Å². The van der Waals surface area contributed by atoms with Gasteiger partial charge in [0.05, 0.1) is 39.1 Å². The second-order valence-corrected chi connectivity index (χ2v) is 14.3. The smallest absolute Gasteiger partial charge is 0.472 e. The third-order valence-corrected chi connectivity index (χ3v) is 9.12. The molecule has 2 fully saturated rings. The number of aliphatic hydroxyl groups is 10. The maximum absolute atomic E-state index is 12.0. The number of phosphoric acid groups is 1. The zero-order chi connectivity index (χ0) is 41.1. The lowest BCUT2D eigenvalue weighted by Gasteiger charge is -2.46. The Bertz CT molecular complexity index is 1330. The van der Waals surface area contributed by atoms with Gasteiger partial charge in [-0.15, -0.1) is 0 Å². The van der Waals surface area contributed by atoms with E-state index in [0.29, 0.717) is 0 Å². The number of ether oxygens (including phenoxy) is 4. The Labute approximate surface area is 306 Å². The summed E-state index contributed by atoms with van der Waals surface area (Å²) in [5.41, 5.74) is 0. The molecule has 0 radical (unpaired) electrons. The van der Waals surface area contributed by atoms with Crippen LogP contribution in [0.5, 0.6) is 0 Å². The van der Waals surface area contributed by atoms with Crippen molar-refractivity contribution in [1.82, 2.24) is 10.6 Å². The van der Waals surface area contributed by atoms with E-state index in [0.717, 1.165) is 6.92 Å². The molecule has 1 amide bonds. The summed E-state index contributed by atoms with van der Waals surface area (Å²) in [5, 5.41) is 117. The predicted molar refractivity (Wildman–Crippen MR) is 167 cm³/mol. The molecular weight excluding hydrogens is 791 g/mol. The maximum Gasteiger partial charge on any atom is 0.472 e. The molecule has 27 nitrogen and oxygen atoms in total. The standard InChI is InChI=1S/C25H47N2O25PS/c1-9(31)27-11(4-26-2-3-46-53(41,42)47-8-10(32)5-28)14(34)19(12(33)6-29)49-24-17(37)20(15(35)13(7-30)48-24)50-25-18(38)21(52-54(43,44)45)16(36)22(51-25)23(39)40/h10-22,24-26,28-30,32-38H,2-8H2,1H3,(H,27,31)(H,39,40)(H,41,42)(H,43,44,45)/t10?,11-,12+,13+,14+,15-,16-,17+,18+,19+,20-,21-,22-,24-,25+/m0/s1. The first-order valence-corrected chi connectivity index (χ1v) is 18.6. The van der Waals surface area contributed by atoms with Crippen molar-refractivity contribution in [3.05, 3.63) is 0 Å². The Kier molecular flexibility index (Phi) is 19.5. The quantitative estimate of drug-likeness (QED) is 0.0258. The number of phosphoric ester groups is 1. The molecule has 0 aromatic rings. The van der Waals surface area contributed by atoms with Gasteiger partial charge < -0.3 is 90.6 Å². The molecule has 2 saturated heterocycles. The Morgan fingerprint density at radius 2 is 1.54 bits per heavy atom. The number of carboxylic acids is 1. The summed E-state index contributed by atoms with van der Waals surface area (Å²) < 4.78 is 78.3. The van der Waals surface area contributed by atoms with E-state index in [1.54, 1.807) is 0 Å². The van der Waals surface area contributed by atoms with E-state index in [4.69, 9.17) is 33.1 Å². The molecule has 0 bridgehead atoms. The van der Waals surface area contributed by atoms with Crippen molar-refractivity contribution in [2.24, 2.45) is 0 Å². The number of carbonyl (C=O) groups is 2. The van der Waals surface area contributed by atoms with Gasteiger partial charge in [0.1, 0.15) is 67.1 Å². The molecule has 2 heterocycles. The van der Waals surface area contributed by atoms with Crippen molar-refractivity contribution in [3.8, 4) is 0 Å². The van der Waals surface area contributed by atoms with Gasteiger partial charge in [-0.05, 0) is 0 Å². The van der Waals surface area contributed by atoms with Crippen LogP contribution in [0.2, 0.25) is 0 Å². The number of rotatable bonds is 23. The second-order valence-electron chi connectivity index (χ2n) is 11.8. The van der Waals surface area contributed by atoms with Crippen molar-refractivity contribution in [2.75, 3.05) is 46.1 Å². The topological polar surface area (TPSA) is 437 Å². The van der Waals surface area contributed by atoms with Crippen LogP contribution in [-0.4, -0.2) is 224 Å². The van der Waals surface area contributed by atoms with Crippen LogP contribution >= 0.6 is 7.82 Å². The van der Waals surface area contributed by atoms with Gasteiger partial charge in [0, 0.05) is 20.0 Å². The monoisotopic (exact) mass is 838 g/mol. The summed E-state index contributed by atoms with van der Waals surface area (Å²) >= 11 is 0. The Morgan fingerprint density at radius 1 is 0.907 bits per heavy atom. The van der Waals surface area contributed by atoms with Gasteiger partial charge in [-0.1, -0.05) is 0 Å². The van der Waals surface area contributed by atoms with Crippen molar-refractivity contribution in [3.63, 3.8) is 0 Å². The summed E-state index contributed by atoms with van der Waals surface area (Å²) in [7, 11) is -10.1. The van der Waals surface area contributed by atoms with Gasteiger partial charge >= 0.3 is 24.2 Å². The van der Waals surface area contributed by atoms with Crippen LogP contribution in [0.4, 0.5) is 0 Å². The van der Waals surface area contributed by atoms with Crippen LogP contribution in [0.25, 0.3) is 0 Å². The van der Waals surface area contributed by atoms with E-state index in [9.17, 15) is 78.5 Å². The highest BCUT2D eigenvalue weighted by atomic mass is 32.3. The van der Waals surface area contributed by atoms with Gasteiger partial charge in [-0.3, -0.25) is 18.4 Å². The summed E-state index contributed by atoms with van der Waals surface area (Å²) in [6.45, 7) is -3.82. The molecule has 0 aliphatic carbocycles. The highest BCUT2D eigenvalue weighted by molar-refractivity contribution is 7.80. The fourth-order valence-corrected chi connectivity index (χ4v) is 6.32. The first-order valence-electron chi connectivity index (χ1n) is 15.8. The molecule has 2 aliphatic rings. The van der Waals surface area contributed by atoms with Gasteiger partial charge in [0.15, 0.2) is 18.7 Å². The lowest BCUT2D eigenvalue weighted by Crippen LogP contribution is -2.66. The maximum atomic E-state index is 12.0. The normalized spacial score (nSPS) is 33.2. The predicted octanol–water partition coefficient (Wildman–Crippen LogP) is -8.79. The molecule has 15 N–H and O–H groups in total. The molecular formula is C25H47N2O25PS. The van der Waals surface area contributed by atoms with Crippen LogP contribution in [0.15, 0.2) is 0 Å². The molecule has 0 aromatic heterocycles. The first kappa shape index (κ1) is 48.5. The largest absolute Gasteiger partial charge is 0.479 e. The highest BCUT2D eigenvalue weighted by Gasteiger charge is 2.54. The fraction of sp³-hybridized carbons (Fsp3) is 0.920. The highest BCUT2D eigenvalue weighted by Crippen LogP contribution is 2.42. The molecule has 16 atom stereocenters. The second kappa shape index (κ2) is 21.7. The van der Waals surface area contributed by atoms with Crippen LogP contribution < -0.4 is 10.6 Å². The van der Waals surface area contributed by atoms with Crippen LogP contribution in [0.3, 0.4) is 0 Å². The molecule has 318 valence electrons. The molecule has 54 heavy (non-hydrogen) atoms. The van der Waals surface area contributed by atoms with E-state index in [-0.39, 0.29) is 6.54 Å². The Balaban J connectivity index is 2.26. The molecule has 2 aliphatic heterocycles. The third kappa shape index (κ3) is 14.4. The minimum absolute atomic E-state index is 0.252. The fourth-order valence-electron chi connectivity index (χ4n) is 5.05. The SMILES string of the molecule is CC(=O)N[C@@H](CNCCOP(=O)(O)OCC(O)CO)[C@@H](O)[C@H](O[C@@H]1O[C@H](CO)[C@H](O)[C@H](O[C@@H]2O[C@H](C(=O)O)[C@@H](O)[C@H](OS(=O)(=O)O)[C@H]2O)[C@H]1O)[C@H](O)CO. The molecule has 0 saturated carbocycles. The number of nitrogens with one attached hydrogen (secondary N) is 2. The van der Waals surface area contributed by atoms with Crippen molar-refractivity contribution in [2.45, 2.75) is 98.8 Å². The molecule has 0 spiro atoms. The lowest BCUT2D eigenvalue weighted by molar-refractivity contribution is -0.364. The number of aliphatic carboxylic acids is 1. The Hall–Kier alpha value is -1.68. The van der Waals surface area contributed by atoms with E-state index in [1.165, 1.54) is 0 Å². The van der Waals surface area contributed by atoms with E-state index < -0.39 is 162 Å². The van der Waals surface area contributed by atoms with Gasteiger partial charge in [-0.25, -0.2) is 13.5 Å². The molecule has 2 rings (SSSR count). The summed E-state index contributed by atoms with van der Waals surface area (Å²) in [6, 6.07) is -1.43. The van der Waals surface area contributed by atoms with Crippen molar-refractivity contribution in [1.29, 1.82) is 0 Å². The number of carboxylic acid groups (broad SMARTS) is 1. The number of hydrogen-bond donors (Lipinski definition) is 15. The van der Waals surface area contributed by atoms with Crippen LogP contribution in [-0.2, 0) is 56.7 Å². The number of aliphatic hydroxyl groups excluding tert-OH is 10. The average molecular weight is 839 g/mol. The van der Waals surface area contributed by atoms with Gasteiger partial charge in [-0.2, -0.15) is 8.42 Å². The minimum Gasteiger partial charge on any atom is -0.479 e. The zero-order valence-corrected chi connectivity index (χ0v) is 29.9. The summed E-state index contributed by atoms with van der Waals surface area (Å²) in [6.07, 6.45) is -30.0. The van der Waals surface area contributed by atoms with E-state index in [1.807, 2.05) is 0 Å². The minimum atomic E-state index is -5.45. The van der Waals surface area contributed by atoms with E-state index >= 15 is 0 Å². The van der Waals surface area contributed by atoms with Gasteiger partial charge in [0.2, 0.25) is 5.91 Å². The molecule has 2 unspecified atom stereocenters. The van der Waals surface area contributed by atoms with Crippen LogP contribution in [0.1, 0.15) is 6.92 Å². The zero-order valence-electron chi connectivity index (χ0n) is 28.2. The molecule has 29 heteroatoms. The van der Waals surface area contributed by atoms with E-state index in [2.05, 4.69) is 19.3 Å². The number of hydrogen-bond acceptors (Lipinski definition) is 23. The molecule has 0 aromatic carbocycles. The first-order chi connectivity index (χ1) is 25.1. The third-order valence-electron chi connectivity index (χ3n) is 7.67.